The Kier molecular flexibility index (Phi) is 4.09. The van der Waals surface area contributed by atoms with Crippen LogP contribution in [-0.4, -0.2) is 12.0 Å². The highest BCUT2D eigenvalue weighted by atomic mass is 19.1. The summed E-state index contributed by atoms with van der Waals surface area (Å²) >= 11 is 0. The van der Waals surface area contributed by atoms with Crippen LogP contribution in [-0.2, 0) is 6.67 Å². The molecule has 3 heteroatoms. The molecule has 0 saturated heterocycles. The van der Waals surface area contributed by atoms with Gasteiger partial charge in [0.05, 0.1) is 17.4 Å². The van der Waals surface area contributed by atoms with Gasteiger partial charge < -0.3 is 5.32 Å². The van der Waals surface area contributed by atoms with Crippen molar-refractivity contribution in [2.75, 3.05) is 7.05 Å². The average molecular weight is 192 g/mol. The molecule has 1 rings (SSSR count). The van der Waals surface area contributed by atoms with E-state index in [1.54, 1.807) is 12.1 Å². The largest absolute Gasteiger partial charge is 0.311 e. The van der Waals surface area contributed by atoms with E-state index in [1.165, 1.54) is 0 Å². The molecule has 2 nitrogen and oxygen atoms in total. The molecular formula is C11H13FN2. The second-order valence-electron chi connectivity index (χ2n) is 2.94. The Hall–Kier alpha value is -1.40. The summed E-state index contributed by atoms with van der Waals surface area (Å²) in [6.45, 7) is -0.541. The van der Waals surface area contributed by atoms with Gasteiger partial charge in [0.15, 0.2) is 0 Å². The lowest BCUT2D eigenvalue weighted by atomic mass is 10.1. The molecule has 74 valence electrons. The van der Waals surface area contributed by atoms with Gasteiger partial charge in [-0.1, -0.05) is 6.07 Å². The number of rotatable bonds is 4. The first-order chi connectivity index (χ1) is 6.81. The van der Waals surface area contributed by atoms with Crippen molar-refractivity contribution in [1.29, 1.82) is 0 Å². The Labute approximate surface area is 83.6 Å². The van der Waals surface area contributed by atoms with Gasteiger partial charge in [0.1, 0.15) is 6.67 Å². The van der Waals surface area contributed by atoms with E-state index >= 15 is 0 Å². The highest BCUT2D eigenvalue weighted by Crippen LogP contribution is 2.13. The standard InChI is InChI=1S/C11H13FN2/c1-3-5-10(13-2)11-7-4-6-9(8-12)14-11/h1,4,6-7,10,13H,5,8H2,2H3. The van der Waals surface area contributed by atoms with E-state index in [2.05, 4.69) is 16.2 Å². The normalized spacial score (nSPS) is 12.1. The molecule has 1 unspecified atom stereocenters. The molecule has 1 N–H and O–H groups in total. The summed E-state index contributed by atoms with van der Waals surface area (Å²) in [7, 11) is 1.81. The molecule has 0 aliphatic heterocycles. The minimum absolute atomic E-state index is 0.00602. The van der Waals surface area contributed by atoms with E-state index in [1.807, 2.05) is 13.1 Å². The number of nitrogens with zero attached hydrogens (tertiary/aromatic N) is 1. The van der Waals surface area contributed by atoms with Crippen LogP contribution in [0, 0.1) is 12.3 Å². The molecule has 0 aromatic carbocycles. The lowest BCUT2D eigenvalue weighted by molar-refractivity contribution is 0.472. The van der Waals surface area contributed by atoms with Crippen molar-refractivity contribution in [2.45, 2.75) is 19.1 Å². The fourth-order valence-corrected chi connectivity index (χ4v) is 1.24. The Morgan fingerprint density at radius 1 is 1.64 bits per heavy atom. The molecule has 14 heavy (non-hydrogen) atoms. The molecule has 1 aromatic heterocycles. The lowest BCUT2D eigenvalue weighted by Gasteiger charge is -2.12. The van der Waals surface area contributed by atoms with E-state index in [9.17, 15) is 4.39 Å². The molecule has 0 amide bonds. The number of halogens is 1. The predicted octanol–water partition coefficient (Wildman–Crippen LogP) is 1.83. The third-order valence-electron chi connectivity index (χ3n) is 1.99. The van der Waals surface area contributed by atoms with E-state index in [0.29, 0.717) is 12.1 Å². The first kappa shape index (κ1) is 10.7. The SMILES string of the molecule is C#CCC(NC)c1cccc(CF)n1. The molecule has 0 aliphatic rings. The molecule has 1 heterocycles. The number of alkyl halides is 1. The van der Waals surface area contributed by atoms with Crippen LogP contribution < -0.4 is 5.32 Å². The molecular weight excluding hydrogens is 179 g/mol. The molecule has 0 bridgehead atoms. The first-order valence-electron chi connectivity index (χ1n) is 4.44. The summed E-state index contributed by atoms with van der Waals surface area (Å²) in [6, 6.07) is 5.30. The summed E-state index contributed by atoms with van der Waals surface area (Å²) in [5.41, 5.74) is 1.24. The number of pyridine rings is 1. The maximum atomic E-state index is 12.3. The summed E-state index contributed by atoms with van der Waals surface area (Å²) in [5, 5.41) is 3.04. The Bertz CT molecular complexity index is 330. The smallest absolute Gasteiger partial charge is 0.131 e. The number of hydrogen-bond donors (Lipinski definition) is 1. The van der Waals surface area contributed by atoms with Crippen molar-refractivity contribution < 1.29 is 4.39 Å². The monoisotopic (exact) mass is 192 g/mol. The molecule has 0 aliphatic carbocycles. The summed E-state index contributed by atoms with van der Waals surface area (Å²) in [5.74, 6) is 2.56. The van der Waals surface area contributed by atoms with Crippen molar-refractivity contribution >= 4 is 0 Å². The maximum absolute atomic E-state index is 12.3. The summed E-state index contributed by atoms with van der Waals surface area (Å²) < 4.78 is 12.3. The van der Waals surface area contributed by atoms with Crippen LogP contribution in [0.4, 0.5) is 4.39 Å². The van der Waals surface area contributed by atoms with Crippen molar-refractivity contribution in [2.24, 2.45) is 0 Å². The Balaban J connectivity index is 2.87. The zero-order valence-electron chi connectivity index (χ0n) is 8.13. The van der Waals surface area contributed by atoms with Crippen LogP contribution in [0.3, 0.4) is 0 Å². The van der Waals surface area contributed by atoms with Gasteiger partial charge in [-0.3, -0.25) is 4.98 Å². The lowest BCUT2D eigenvalue weighted by Crippen LogP contribution is -2.17. The molecule has 1 atom stereocenters. The van der Waals surface area contributed by atoms with Crippen LogP contribution in [0.5, 0.6) is 0 Å². The van der Waals surface area contributed by atoms with Crippen molar-refractivity contribution in [3.05, 3.63) is 29.6 Å². The van der Waals surface area contributed by atoms with Gasteiger partial charge in [0, 0.05) is 6.42 Å². The number of nitrogens with one attached hydrogen (secondary N) is 1. The number of aromatic nitrogens is 1. The van der Waals surface area contributed by atoms with E-state index in [4.69, 9.17) is 6.42 Å². The zero-order valence-corrected chi connectivity index (χ0v) is 8.13. The summed E-state index contributed by atoms with van der Waals surface area (Å²) in [4.78, 5) is 4.15. The highest BCUT2D eigenvalue weighted by Gasteiger charge is 2.09. The quantitative estimate of drug-likeness (QED) is 0.736. The predicted molar refractivity (Wildman–Crippen MR) is 54.3 cm³/mol. The van der Waals surface area contributed by atoms with Gasteiger partial charge in [0.25, 0.3) is 0 Å². The van der Waals surface area contributed by atoms with Gasteiger partial charge in [-0.05, 0) is 19.2 Å². The zero-order chi connectivity index (χ0) is 10.4. The topological polar surface area (TPSA) is 24.9 Å². The van der Waals surface area contributed by atoms with Crippen molar-refractivity contribution in [3.8, 4) is 12.3 Å². The average Bonchev–Trinajstić information content (AvgIpc) is 2.26. The maximum Gasteiger partial charge on any atom is 0.131 e. The van der Waals surface area contributed by atoms with Crippen molar-refractivity contribution in [1.82, 2.24) is 10.3 Å². The minimum Gasteiger partial charge on any atom is -0.311 e. The third kappa shape index (κ3) is 2.54. The van der Waals surface area contributed by atoms with E-state index in [0.717, 1.165) is 5.69 Å². The van der Waals surface area contributed by atoms with E-state index in [-0.39, 0.29) is 6.04 Å². The molecule has 1 aromatic rings. The van der Waals surface area contributed by atoms with Gasteiger partial charge in [-0.25, -0.2) is 4.39 Å². The fourth-order valence-electron chi connectivity index (χ4n) is 1.24. The van der Waals surface area contributed by atoms with Gasteiger partial charge >= 0.3 is 0 Å². The Morgan fingerprint density at radius 3 is 3.00 bits per heavy atom. The number of hydrogen-bond acceptors (Lipinski definition) is 2. The van der Waals surface area contributed by atoms with Crippen molar-refractivity contribution in [3.63, 3.8) is 0 Å². The highest BCUT2D eigenvalue weighted by molar-refractivity contribution is 5.15. The van der Waals surface area contributed by atoms with Crippen LogP contribution >= 0.6 is 0 Å². The number of terminal acetylenes is 1. The fraction of sp³-hybridized carbons (Fsp3) is 0.364. The van der Waals surface area contributed by atoms with Crippen LogP contribution in [0.25, 0.3) is 0 Å². The third-order valence-corrected chi connectivity index (χ3v) is 1.99. The molecule has 0 radical (unpaired) electrons. The molecule has 0 fully saturated rings. The first-order valence-corrected chi connectivity index (χ1v) is 4.44. The Morgan fingerprint density at radius 2 is 2.43 bits per heavy atom. The van der Waals surface area contributed by atoms with Gasteiger partial charge in [-0.15, -0.1) is 12.3 Å². The van der Waals surface area contributed by atoms with Gasteiger partial charge in [0.2, 0.25) is 0 Å². The van der Waals surface area contributed by atoms with Gasteiger partial charge in [-0.2, -0.15) is 0 Å². The summed E-state index contributed by atoms with van der Waals surface area (Å²) in [6.07, 6.45) is 5.78. The van der Waals surface area contributed by atoms with E-state index < -0.39 is 6.67 Å². The van der Waals surface area contributed by atoms with Crippen LogP contribution in [0.1, 0.15) is 23.9 Å². The second kappa shape index (κ2) is 5.36. The minimum atomic E-state index is -0.541. The second-order valence-corrected chi connectivity index (χ2v) is 2.94. The van der Waals surface area contributed by atoms with Crippen LogP contribution in [0.15, 0.2) is 18.2 Å². The molecule has 0 spiro atoms. The van der Waals surface area contributed by atoms with Crippen LogP contribution in [0.2, 0.25) is 0 Å². The molecule has 0 saturated carbocycles.